The summed E-state index contributed by atoms with van der Waals surface area (Å²) in [6.45, 7) is 2.78. The lowest BCUT2D eigenvalue weighted by atomic mass is 10.1. The number of amides is 1. The van der Waals surface area contributed by atoms with E-state index in [1.807, 2.05) is 42.2 Å². The predicted molar refractivity (Wildman–Crippen MR) is 79.3 cm³/mol. The summed E-state index contributed by atoms with van der Waals surface area (Å²) < 4.78 is 1.82. The van der Waals surface area contributed by atoms with E-state index in [2.05, 4.69) is 17.3 Å². The van der Waals surface area contributed by atoms with Crippen LogP contribution in [0.25, 0.3) is 0 Å². The zero-order valence-electron chi connectivity index (χ0n) is 11.9. The number of benzene rings is 1. The van der Waals surface area contributed by atoms with Crippen molar-refractivity contribution >= 4 is 11.6 Å². The van der Waals surface area contributed by atoms with Crippen LogP contribution in [0.5, 0.6) is 0 Å². The molecule has 0 aliphatic heterocycles. The zero-order valence-corrected chi connectivity index (χ0v) is 11.9. The van der Waals surface area contributed by atoms with Crippen LogP contribution in [0.15, 0.2) is 30.5 Å². The lowest BCUT2D eigenvalue weighted by Gasteiger charge is -2.10. The number of nitrogens with zero attached hydrogens (tertiary/aromatic N) is 2. The number of aryl methyl sites for hydroxylation is 2. The lowest BCUT2D eigenvalue weighted by molar-refractivity contribution is -0.117. The number of rotatable bonds is 6. The average molecular weight is 272 g/mol. The standard InChI is InChI=1S/C15H20N4O/c1-3-13-12(10-19(2)18-13)9-17-14-7-5-4-6-11(14)8-15(16)20/h4-7,10,17H,3,8-9H2,1-2H3,(H2,16,20). The van der Waals surface area contributed by atoms with Gasteiger partial charge in [-0.05, 0) is 18.1 Å². The van der Waals surface area contributed by atoms with Gasteiger partial charge in [0.15, 0.2) is 0 Å². The predicted octanol–water partition coefficient (Wildman–Crippen LogP) is 1.62. The fraction of sp³-hybridized carbons (Fsp3) is 0.333. The molecule has 5 nitrogen and oxygen atoms in total. The minimum absolute atomic E-state index is 0.247. The third kappa shape index (κ3) is 3.38. The highest BCUT2D eigenvalue weighted by Gasteiger charge is 2.08. The maximum atomic E-state index is 11.1. The van der Waals surface area contributed by atoms with Gasteiger partial charge < -0.3 is 11.1 Å². The van der Waals surface area contributed by atoms with Crippen molar-refractivity contribution in [2.75, 3.05) is 5.32 Å². The van der Waals surface area contributed by atoms with E-state index in [1.54, 1.807) is 0 Å². The van der Waals surface area contributed by atoms with E-state index in [0.717, 1.165) is 23.4 Å². The molecule has 0 saturated carbocycles. The lowest BCUT2D eigenvalue weighted by Crippen LogP contribution is -2.15. The van der Waals surface area contributed by atoms with Crippen molar-refractivity contribution in [1.29, 1.82) is 0 Å². The Labute approximate surface area is 118 Å². The number of carbonyl (C=O) groups excluding carboxylic acids is 1. The average Bonchev–Trinajstić information content (AvgIpc) is 2.77. The molecule has 106 valence electrons. The van der Waals surface area contributed by atoms with Gasteiger partial charge in [0.05, 0.1) is 12.1 Å². The van der Waals surface area contributed by atoms with Gasteiger partial charge in [-0.15, -0.1) is 0 Å². The second-order valence-electron chi connectivity index (χ2n) is 4.78. The Morgan fingerprint density at radius 1 is 1.35 bits per heavy atom. The maximum absolute atomic E-state index is 11.1. The van der Waals surface area contributed by atoms with Crippen LogP contribution in [0.3, 0.4) is 0 Å². The fourth-order valence-corrected chi connectivity index (χ4v) is 2.25. The number of para-hydroxylation sites is 1. The molecule has 0 fully saturated rings. The summed E-state index contributed by atoms with van der Waals surface area (Å²) in [6, 6.07) is 7.72. The largest absolute Gasteiger partial charge is 0.381 e. The van der Waals surface area contributed by atoms with Crippen molar-refractivity contribution in [3.05, 3.63) is 47.3 Å². The van der Waals surface area contributed by atoms with Crippen LogP contribution < -0.4 is 11.1 Å². The molecule has 0 saturated heterocycles. The van der Waals surface area contributed by atoms with E-state index in [-0.39, 0.29) is 12.3 Å². The van der Waals surface area contributed by atoms with Gasteiger partial charge in [0.2, 0.25) is 5.91 Å². The summed E-state index contributed by atoms with van der Waals surface area (Å²) in [4.78, 5) is 11.1. The van der Waals surface area contributed by atoms with Gasteiger partial charge in [0, 0.05) is 31.0 Å². The molecule has 0 radical (unpaired) electrons. The van der Waals surface area contributed by atoms with Crippen molar-refractivity contribution in [1.82, 2.24) is 9.78 Å². The van der Waals surface area contributed by atoms with Gasteiger partial charge in [-0.3, -0.25) is 9.48 Å². The molecule has 0 atom stereocenters. The number of hydrogen-bond acceptors (Lipinski definition) is 3. The minimum Gasteiger partial charge on any atom is -0.381 e. The summed E-state index contributed by atoms with van der Waals surface area (Å²) in [7, 11) is 1.92. The van der Waals surface area contributed by atoms with Crippen molar-refractivity contribution in [2.45, 2.75) is 26.3 Å². The molecule has 1 aromatic carbocycles. The van der Waals surface area contributed by atoms with Crippen molar-refractivity contribution < 1.29 is 4.79 Å². The quantitative estimate of drug-likeness (QED) is 0.839. The smallest absolute Gasteiger partial charge is 0.221 e. The Morgan fingerprint density at radius 3 is 2.80 bits per heavy atom. The fourth-order valence-electron chi connectivity index (χ4n) is 2.25. The monoisotopic (exact) mass is 272 g/mol. The van der Waals surface area contributed by atoms with Crippen molar-refractivity contribution in [2.24, 2.45) is 12.8 Å². The molecule has 2 aromatic rings. The van der Waals surface area contributed by atoms with E-state index >= 15 is 0 Å². The molecule has 1 amide bonds. The summed E-state index contributed by atoms with van der Waals surface area (Å²) in [5.41, 5.74) is 9.39. The molecular weight excluding hydrogens is 252 g/mol. The number of nitrogens with one attached hydrogen (secondary N) is 1. The number of hydrogen-bond donors (Lipinski definition) is 2. The first-order valence-corrected chi connectivity index (χ1v) is 6.71. The number of aromatic nitrogens is 2. The van der Waals surface area contributed by atoms with Crippen LogP contribution in [0, 0.1) is 0 Å². The Morgan fingerprint density at radius 2 is 2.10 bits per heavy atom. The van der Waals surface area contributed by atoms with Crippen LogP contribution in [0.4, 0.5) is 5.69 Å². The van der Waals surface area contributed by atoms with Crippen molar-refractivity contribution in [3.8, 4) is 0 Å². The first-order chi connectivity index (χ1) is 9.60. The molecule has 0 unspecified atom stereocenters. The van der Waals surface area contributed by atoms with Crippen LogP contribution in [0.1, 0.15) is 23.7 Å². The maximum Gasteiger partial charge on any atom is 0.221 e. The van der Waals surface area contributed by atoms with Gasteiger partial charge in [-0.1, -0.05) is 25.1 Å². The molecule has 0 spiro atoms. The third-order valence-corrected chi connectivity index (χ3v) is 3.18. The van der Waals surface area contributed by atoms with Gasteiger partial charge in [0.1, 0.15) is 0 Å². The van der Waals surface area contributed by atoms with E-state index in [4.69, 9.17) is 5.73 Å². The zero-order chi connectivity index (χ0) is 14.5. The van der Waals surface area contributed by atoms with E-state index < -0.39 is 0 Å². The topological polar surface area (TPSA) is 72.9 Å². The number of carbonyl (C=O) groups is 1. The van der Waals surface area contributed by atoms with Crippen LogP contribution in [0.2, 0.25) is 0 Å². The van der Waals surface area contributed by atoms with Crippen LogP contribution in [-0.2, 0) is 31.2 Å². The molecule has 5 heteroatoms. The number of primary amides is 1. The molecule has 1 aromatic heterocycles. The molecule has 0 aliphatic rings. The normalized spacial score (nSPS) is 10.5. The molecule has 2 rings (SSSR count). The van der Waals surface area contributed by atoms with Gasteiger partial charge in [0.25, 0.3) is 0 Å². The molecule has 1 heterocycles. The van der Waals surface area contributed by atoms with E-state index in [9.17, 15) is 4.79 Å². The Kier molecular flexibility index (Phi) is 4.40. The summed E-state index contributed by atoms with van der Waals surface area (Å²) in [5, 5.41) is 7.78. The summed E-state index contributed by atoms with van der Waals surface area (Å²) >= 11 is 0. The Hall–Kier alpha value is -2.30. The molecule has 0 aliphatic carbocycles. The van der Waals surface area contributed by atoms with Crippen LogP contribution >= 0.6 is 0 Å². The molecular formula is C15H20N4O. The second kappa shape index (κ2) is 6.23. The highest BCUT2D eigenvalue weighted by molar-refractivity contribution is 5.78. The van der Waals surface area contributed by atoms with Gasteiger partial charge in [-0.25, -0.2) is 0 Å². The first kappa shape index (κ1) is 14.1. The summed E-state index contributed by atoms with van der Waals surface area (Å²) in [6.07, 6.45) is 3.17. The first-order valence-electron chi connectivity index (χ1n) is 6.71. The van der Waals surface area contributed by atoms with Gasteiger partial charge >= 0.3 is 0 Å². The highest BCUT2D eigenvalue weighted by atomic mass is 16.1. The van der Waals surface area contributed by atoms with Crippen LogP contribution in [-0.4, -0.2) is 15.7 Å². The Bertz CT molecular complexity index is 604. The SMILES string of the molecule is CCc1nn(C)cc1CNc1ccccc1CC(N)=O. The second-order valence-corrected chi connectivity index (χ2v) is 4.78. The summed E-state index contributed by atoms with van der Waals surface area (Å²) in [5.74, 6) is -0.324. The molecule has 20 heavy (non-hydrogen) atoms. The number of nitrogens with two attached hydrogens (primary N) is 1. The number of anilines is 1. The van der Waals surface area contributed by atoms with Crippen molar-refractivity contribution in [3.63, 3.8) is 0 Å². The third-order valence-electron chi connectivity index (χ3n) is 3.18. The molecule has 0 bridgehead atoms. The highest BCUT2D eigenvalue weighted by Crippen LogP contribution is 2.17. The van der Waals surface area contributed by atoms with E-state index in [0.29, 0.717) is 6.54 Å². The molecule has 3 N–H and O–H groups in total. The van der Waals surface area contributed by atoms with Gasteiger partial charge in [-0.2, -0.15) is 5.10 Å². The van der Waals surface area contributed by atoms with E-state index in [1.165, 1.54) is 5.56 Å². The Balaban J connectivity index is 2.12. The minimum atomic E-state index is -0.324.